The number of hydrogen-bond acceptors (Lipinski definition) is 3. The number of hydrogen-bond donors (Lipinski definition) is 1. The molecule has 0 spiro atoms. The van der Waals surface area contributed by atoms with E-state index >= 15 is 0 Å². The molecule has 106 valence electrons. The smallest absolute Gasteiger partial charge is 0.303 e. The first-order valence-electron chi connectivity index (χ1n) is 6.35. The minimum atomic E-state index is -0.795. The summed E-state index contributed by atoms with van der Waals surface area (Å²) in [6.45, 7) is 6.01. The van der Waals surface area contributed by atoms with Crippen LogP contribution >= 0.6 is 0 Å². The topological polar surface area (TPSA) is 55.8 Å². The van der Waals surface area contributed by atoms with Crippen LogP contribution in [-0.2, 0) is 4.79 Å². The lowest BCUT2D eigenvalue weighted by Gasteiger charge is -2.24. The molecule has 0 amide bonds. The van der Waals surface area contributed by atoms with Gasteiger partial charge in [0.05, 0.1) is 20.6 Å². The maximum atomic E-state index is 11.1. The highest BCUT2D eigenvalue weighted by Gasteiger charge is 2.25. The third-order valence-corrected chi connectivity index (χ3v) is 3.35. The average Bonchev–Trinajstić information content (AvgIpc) is 2.34. The van der Waals surface area contributed by atoms with E-state index in [1.807, 2.05) is 26.8 Å². The highest BCUT2D eigenvalue weighted by atomic mass is 16.5. The zero-order valence-electron chi connectivity index (χ0n) is 12.2. The van der Waals surface area contributed by atoms with Crippen LogP contribution in [0.1, 0.15) is 37.3 Å². The normalized spacial score (nSPS) is 12.3. The van der Waals surface area contributed by atoms with E-state index in [0.29, 0.717) is 5.75 Å². The van der Waals surface area contributed by atoms with Crippen molar-refractivity contribution in [3.8, 4) is 11.5 Å². The molecular weight excluding hydrogens is 244 g/mol. The second kappa shape index (κ2) is 6.45. The Bertz CT molecular complexity index is 452. The number of aliphatic carboxylic acids is 1. The van der Waals surface area contributed by atoms with E-state index in [4.69, 9.17) is 14.6 Å². The second-order valence-corrected chi connectivity index (χ2v) is 5.01. The summed E-state index contributed by atoms with van der Waals surface area (Å²) in [6.07, 6.45) is 0.0984. The maximum absolute atomic E-state index is 11.1. The lowest BCUT2D eigenvalue weighted by Crippen LogP contribution is -2.14. The van der Waals surface area contributed by atoms with Gasteiger partial charge in [-0.2, -0.15) is 0 Å². The molecular formula is C15H22O4. The second-order valence-electron chi connectivity index (χ2n) is 5.01. The van der Waals surface area contributed by atoms with E-state index in [0.717, 1.165) is 16.9 Å². The molecule has 0 aliphatic heterocycles. The van der Waals surface area contributed by atoms with Crippen molar-refractivity contribution < 1.29 is 19.4 Å². The molecule has 19 heavy (non-hydrogen) atoms. The van der Waals surface area contributed by atoms with E-state index in [1.165, 1.54) is 0 Å². The number of carboxylic acid groups (broad SMARTS) is 1. The fourth-order valence-corrected chi connectivity index (χ4v) is 2.36. The summed E-state index contributed by atoms with van der Waals surface area (Å²) in [4.78, 5) is 11.1. The van der Waals surface area contributed by atoms with Crippen molar-refractivity contribution in [3.05, 3.63) is 23.3 Å². The predicted octanol–water partition coefficient (Wildman–Crippen LogP) is 3.23. The number of carbonyl (C=O) groups is 1. The van der Waals surface area contributed by atoms with E-state index in [2.05, 4.69) is 0 Å². The van der Waals surface area contributed by atoms with Crippen molar-refractivity contribution in [1.29, 1.82) is 0 Å². The molecule has 1 unspecified atom stereocenters. The monoisotopic (exact) mass is 266 g/mol. The minimum absolute atomic E-state index is 0.0710. The van der Waals surface area contributed by atoms with Gasteiger partial charge in [0.1, 0.15) is 11.5 Å². The molecule has 1 aromatic carbocycles. The van der Waals surface area contributed by atoms with Crippen molar-refractivity contribution in [2.75, 3.05) is 14.2 Å². The molecule has 0 saturated carbocycles. The van der Waals surface area contributed by atoms with Crippen molar-refractivity contribution in [2.24, 2.45) is 5.92 Å². The van der Waals surface area contributed by atoms with Gasteiger partial charge in [-0.15, -0.1) is 0 Å². The predicted molar refractivity (Wildman–Crippen MR) is 74.1 cm³/mol. The maximum Gasteiger partial charge on any atom is 0.303 e. The quantitative estimate of drug-likeness (QED) is 0.859. The summed E-state index contributed by atoms with van der Waals surface area (Å²) in [5.41, 5.74) is 1.96. The fraction of sp³-hybridized carbons (Fsp3) is 0.533. The first-order chi connectivity index (χ1) is 8.90. The summed E-state index contributed by atoms with van der Waals surface area (Å²) in [7, 11) is 3.20. The molecule has 4 nitrogen and oxygen atoms in total. The zero-order valence-corrected chi connectivity index (χ0v) is 12.2. The van der Waals surface area contributed by atoms with Gasteiger partial charge in [0.25, 0.3) is 0 Å². The Labute approximate surface area is 114 Å². The lowest BCUT2D eigenvalue weighted by atomic mass is 9.83. The Kier molecular flexibility index (Phi) is 5.21. The van der Waals surface area contributed by atoms with Crippen molar-refractivity contribution in [2.45, 2.75) is 33.1 Å². The number of benzene rings is 1. The Morgan fingerprint density at radius 1 is 1.26 bits per heavy atom. The summed E-state index contributed by atoms with van der Waals surface area (Å²) in [5, 5.41) is 9.08. The summed E-state index contributed by atoms with van der Waals surface area (Å²) >= 11 is 0. The molecule has 1 N–H and O–H groups in total. The van der Waals surface area contributed by atoms with Crippen LogP contribution in [-0.4, -0.2) is 25.3 Å². The van der Waals surface area contributed by atoms with Gasteiger partial charge < -0.3 is 14.6 Å². The molecule has 1 aromatic rings. The van der Waals surface area contributed by atoms with Crippen LogP contribution in [0, 0.1) is 12.8 Å². The molecule has 0 bridgehead atoms. The lowest BCUT2D eigenvalue weighted by molar-refractivity contribution is -0.137. The molecule has 0 heterocycles. The van der Waals surface area contributed by atoms with E-state index in [1.54, 1.807) is 20.3 Å². The number of rotatable bonds is 6. The molecule has 1 atom stereocenters. The standard InChI is InChI=1S/C15H22O4/c1-9(2)12(8-14(16)17)15-10(3)6-11(18-4)7-13(15)19-5/h6-7,9,12H,8H2,1-5H3,(H,16,17). The third kappa shape index (κ3) is 3.63. The molecule has 0 aliphatic carbocycles. The van der Waals surface area contributed by atoms with Crippen LogP contribution in [0.4, 0.5) is 0 Å². The highest BCUT2D eigenvalue weighted by molar-refractivity contribution is 5.68. The van der Waals surface area contributed by atoms with Crippen LogP contribution in [0.15, 0.2) is 12.1 Å². The molecule has 1 rings (SSSR count). The summed E-state index contributed by atoms with van der Waals surface area (Å²) in [5.74, 6) is 0.763. The van der Waals surface area contributed by atoms with E-state index < -0.39 is 5.97 Å². The number of aryl methyl sites for hydroxylation is 1. The molecule has 4 heteroatoms. The Hall–Kier alpha value is -1.71. The highest BCUT2D eigenvalue weighted by Crippen LogP contribution is 2.39. The Morgan fingerprint density at radius 2 is 1.89 bits per heavy atom. The first kappa shape index (κ1) is 15.3. The SMILES string of the molecule is COc1cc(C)c(C(CC(=O)O)C(C)C)c(OC)c1. The van der Waals surface area contributed by atoms with Gasteiger partial charge in [-0.25, -0.2) is 0 Å². The van der Waals surface area contributed by atoms with Crippen LogP contribution < -0.4 is 9.47 Å². The minimum Gasteiger partial charge on any atom is -0.497 e. The van der Waals surface area contributed by atoms with Crippen LogP contribution in [0.3, 0.4) is 0 Å². The van der Waals surface area contributed by atoms with Crippen molar-refractivity contribution in [3.63, 3.8) is 0 Å². The van der Waals surface area contributed by atoms with Gasteiger partial charge in [-0.3, -0.25) is 4.79 Å². The van der Waals surface area contributed by atoms with Crippen molar-refractivity contribution >= 4 is 5.97 Å². The van der Waals surface area contributed by atoms with Crippen LogP contribution in [0.25, 0.3) is 0 Å². The van der Waals surface area contributed by atoms with Gasteiger partial charge in [-0.1, -0.05) is 13.8 Å². The largest absolute Gasteiger partial charge is 0.497 e. The van der Waals surface area contributed by atoms with Crippen LogP contribution in [0.2, 0.25) is 0 Å². The molecule has 0 radical (unpaired) electrons. The van der Waals surface area contributed by atoms with Gasteiger partial charge in [0, 0.05) is 17.5 Å². The van der Waals surface area contributed by atoms with Crippen LogP contribution in [0.5, 0.6) is 11.5 Å². The third-order valence-electron chi connectivity index (χ3n) is 3.35. The molecule has 0 aliphatic rings. The van der Waals surface area contributed by atoms with Crippen molar-refractivity contribution in [1.82, 2.24) is 0 Å². The Morgan fingerprint density at radius 3 is 2.32 bits per heavy atom. The van der Waals surface area contributed by atoms with E-state index in [9.17, 15) is 4.79 Å². The molecule has 0 aromatic heterocycles. The van der Waals surface area contributed by atoms with Gasteiger partial charge >= 0.3 is 5.97 Å². The van der Waals surface area contributed by atoms with Gasteiger partial charge in [0.15, 0.2) is 0 Å². The molecule has 0 saturated heterocycles. The van der Waals surface area contributed by atoms with Gasteiger partial charge in [0.2, 0.25) is 0 Å². The summed E-state index contributed by atoms with van der Waals surface area (Å²) in [6, 6.07) is 3.72. The number of carboxylic acids is 1. The van der Waals surface area contributed by atoms with E-state index in [-0.39, 0.29) is 18.3 Å². The average molecular weight is 266 g/mol. The fourth-order valence-electron chi connectivity index (χ4n) is 2.36. The zero-order chi connectivity index (χ0) is 14.6. The summed E-state index contributed by atoms with van der Waals surface area (Å²) < 4.78 is 10.6. The number of ether oxygens (including phenoxy) is 2. The molecule has 0 fully saturated rings. The number of methoxy groups -OCH3 is 2. The first-order valence-corrected chi connectivity index (χ1v) is 6.35. The Balaban J connectivity index is 3.32. The van der Waals surface area contributed by atoms with Gasteiger partial charge in [-0.05, 0) is 24.5 Å².